The lowest BCUT2D eigenvalue weighted by Gasteiger charge is -2.23. The molecule has 0 amide bonds. The topological polar surface area (TPSA) is 15.6 Å². The maximum Gasteiger partial charge on any atom is 0.123 e. The zero-order chi connectivity index (χ0) is 17.2. The van der Waals surface area contributed by atoms with Crippen molar-refractivity contribution in [1.82, 2.24) is 0 Å². The SMILES string of the molecule is Fc1ccc(C2=NN(c3ccccc3)[C@@H](c3ccc(F)cc3)C2)cc1. The summed E-state index contributed by atoms with van der Waals surface area (Å²) in [6, 6.07) is 22.7. The van der Waals surface area contributed by atoms with E-state index in [0.717, 1.165) is 22.5 Å². The number of hydrogen-bond acceptors (Lipinski definition) is 2. The largest absolute Gasteiger partial charge is 0.257 e. The van der Waals surface area contributed by atoms with Gasteiger partial charge in [-0.2, -0.15) is 5.10 Å². The van der Waals surface area contributed by atoms with Gasteiger partial charge in [-0.25, -0.2) is 8.78 Å². The highest BCUT2D eigenvalue weighted by Gasteiger charge is 2.29. The van der Waals surface area contributed by atoms with Crippen LogP contribution in [0.2, 0.25) is 0 Å². The van der Waals surface area contributed by atoms with Gasteiger partial charge in [0.05, 0.1) is 17.4 Å². The van der Waals surface area contributed by atoms with Gasteiger partial charge in [0.1, 0.15) is 11.6 Å². The molecule has 1 heterocycles. The number of halogens is 2. The first kappa shape index (κ1) is 15.5. The number of hydrogen-bond donors (Lipinski definition) is 0. The monoisotopic (exact) mass is 334 g/mol. The van der Waals surface area contributed by atoms with Gasteiger partial charge in [0, 0.05) is 6.42 Å². The number of rotatable bonds is 3. The Balaban J connectivity index is 1.73. The lowest BCUT2D eigenvalue weighted by molar-refractivity contribution is 0.624. The summed E-state index contributed by atoms with van der Waals surface area (Å²) >= 11 is 0. The first-order chi connectivity index (χ1) is 12.2. The molecule has 0 fully saturated rings. The van der Waals surface area contributed by atoms with E-state index < -0.39 is 0 Å². The predicted molar refractivity (Wildman–Crippen MR) is 95.6 cm³/mol. The molecule has 3 aromatic carbocycles. The fraction of sp³-hybridized carbons (Fsp3) is 0.0952. The summed E-state index contributed by atoms with van der Waals surface area (Å²) in [6.45, 7) is 0. The van der Waals surface area contributed by atoms with Crippen molar-refractivity contribution in [2.75, 3.05) is 5.01 Å². The van der Waals surface area contributed by atoms with Crippen molar-refractivity contribution < 1.29 is 8.78 Å². The second-order valence-corrected chi connectivity index (χ2v) is 6.01. The van der Waals surface area contributed by atoms with Crippen LogP contribution in [0.15, 0.2) is 84.0 Å². The predicted octanol–water partition coefficient (Wildman–Crippen LogP) is 5.32. The molecule has 0 aromatic heterocycles. The van der Waals surface area contributed by atoms with Crippen LogP contribution in [0.5, 0.6) is 0 Å². The van der Waals surface area contributed by atoms with Gasteiger partial charge in [-0.3, -0.25) is 5.01 Å². The molecule has 0 spiro atoms. The van der Waals surface area contributed by atoms with Crippen LogP contribution in [0.1, 0.15) is 23.6 Å². The quantitative estimate of drug-likeness (QED) is 0.633. The first-order valence-corrected chi connectivity index (χ1v) is 8.14. The van der Waals surface area contributed by atoms with E-state index >= 15 is 0 Å². The molecular weight excluding hydrogens is 318 g/mol. The van der Waals surface area contributed by atoms with Gasteiger partial charge in [0.15, 0.2) is 0 Å². The normalized spacial score (nSPS) is 16.8. The summed E-state index contributed by atoms with van der Waals surface area (Å²) in [4.78, 5) is 0. The van der Waals surface area contributed by atoms with Gasteiger partial charge in [0.2, 0.25) is 0 Å². The molecule has 0 N–H and O–H groups in total. The highest BCUT2D eigenvalue weighted by Crippen LogP contribution is 2.36. The van der Waals surface area contributed by atoms with E-state index in [-0.39, 0.29) is 17.7 Å². The Kier molecular flexibility index (Phi) is 4.02. The van der Waals surface area contributed by atoms with Crippen LogP contribution in [0.4, 0.5) is 14.5 Å². The average molecular weight is 334 g/mol. The smallest absolute Gasteiger partial charge is 0.123 e. The molecule has 0 saturated heterocycles. The van der Waals surface area contributed by atoms with E-state index in [1.165, 1.54) is 24.3 Å². The molecule has 25 heavy (non-hydrogen) atoms. The Morgan fingerprint density at radius 3 is 2.00 bits per heavy atom. The molecule has 4 rings (SSSR count). The Bertz CT molecular complexity index is 887. The molecule has 2 nitrogen and oxygen atoms in total. The van der Waals surface area contributed by atoms with Gasteiger partial charge in [0.25, 0.3) is 0 Å². The van der Waals surface area contributed by atoms with Crippen LogP contribution < -0.4 is 5.01 Å². The maximum absolute atomic E-state index is 13.3. The van der Waals surface area contributed by atoms with E-state index in [1.54, 1.807) is 24.3 Å². The molecule has 0 aliphatic carbocycles. The third-order valence-corrected chi connectivity index (χ3v) is 4.36. The Hall–Kier alpha value is -3.01. The van der Waals surface area contributed by atoms with Crippen LogP contribution >= 0.6 is 0 Å². The van der Waals surface area contributed by atoms with Crippen molar-refractivity contribution in [3.8, 4) is 0 Å². The zero-order valence-corrected chi connectivity index (χ0v) is 13.4. The molecule has 1 aliphatic heterocycles. The average Bonchev–Trinajstić information content (AvgIpc) is 3.09. The van der Waals surface area contributed by atoms with Crippen molar-refractivity contribution in [1.29, 1.82) is 0 Å². The maximum atomic E-state index is 13.3. The number of hydrazone groups is 1. The second kappa shape index (κ2) is 6.48. The van der Waals surface area contributed by atoms with Crippen LogP contribution in [0.25, 0.3) is 0 Å². The first-order valence-electron chi connectivity index (χ1n) is 8.14. The minimum Gasteiger partial charge on any atom is -0.257 e. The Morgan fingerprint density at radius 1 is 0.760 bits per heavy atom. The molecule has 0 saturated carbocycles. The van der Waals surface area contributed by atoms with Crippen LogP contribution in [0.3, 0.4) is 0 Å². The van der Waals surface area contributed by atoms with E-state index in [2.05, 4.69) is 0 Å². The van der Waals surface area contributed by atoms with Gasteiger partial charge < -0.3 is 0 Å². The van der Waals surface area contributed by atoms with E-state index in [1.807, 2.05) is 35.3 Å². The summed E-state index contributed by atoms with van der Waals surface area (Å²) < 4.78 is 26.5. The van der Waals surface area contributed by atoms with E-state index in [9.17, 15) is 8.78 Å². The van der Waals surface area contributed by atoms with Crippen molar-refractivity contribution in [2.45, 2.75) is 12.5 Å². The summed E-state index contributed by atoms with van der Waals surface area (Å²) in [5, 5.41) is 6.72. The number of nitrogens with zero attached hydrogens (tertiary/aromatic N) is 2. The van der Waals surface area contributed by atoms with Gasteiger partial charge in [-0.05, 0) is 47.5 Å². The van der Waals surface area contributed by atoms with Crippen molar-refractivity contribution in [3.05, 3.63) is 102 Å². The van der Waals surface area contributed by atoms with Crippen molar-refractivity contribution >= 4 is 11.4 Å². The fourth-order valence-electron chi connectivity index (χ4n) is 3.09. The minimum atomic E-state index is -0.266. The Morgan fingerprint density at radius 2 is 1.36 bits per heavy atom. The summed E-state index contributed by atoms with van der Waals surface area (Å²) in [6.07, 6.45) is 0.673. The van der Waals surface area contributed by atoms with Crippen molar-refractivity contribution in [3.63, 3.8) is 0 Å². The lowest BCUT2D eigenvalue weighted by Crippen LogP contribution is -2.18. The van der Waals surface area contributed by atoms with E-state index in [4.69, 9.17) is 5.10 Å². The van der Waals surface area contributed by atoms with Gasteiger partial charge in [-0.15, -0.1) is 0 Å². The molecular formula is C21H16F2N2. The summed E-state index contributed by atoms with van der Waals surface area (Å²) in [5.41, 5.74) is 3.74. The number of para-hydroxylation sites is 1. The molecule has 3 aromatic rings. The number of anilines is 1. The molecule has 1 atom stereocenters. The van der Waals surface area contributed by atoms with Gasteiger partial charge in [-0.1, -0.05) is 42.5 Å². The molecule has 1 aliphatic rings. The van der Waals surface area contributed by atoms with Crippen LogP contribution in [-0.2, 0) is 0 Å². The minimum absolute atomic E-state index is 0.0250. The molecule has 0 unspecified atom stereocenters. The zero-order valence-electron chi connectivity index (χ0n) is 13.4. The number of benzene rings is 3. The standard InChI is InChI=1S/C21H16F2N2/c22-17-10-6-15(7-11-17)20-14-21(16-8-12-18(23)13-9-16)25(24-20)19-4-2-1-3-5-19/h1-13,21H,14H2/t21-/m1/s1. The molecule has 0 radical (unpaired) electrons. The van der Waals surface area contributed by atoms with Crippen LogP contribution in [0, 0.1) is 11.6 Å². The Labute approximate surface area is 145 Å². The summed E-state index contributed by atoms with van der Waals surface area (Å²) in [7, 11) is 0. The molecule has 124 valence electrons. The third kappa shape index (κ3) is 3.15. The third-order valence-electron chi connectivity index (χ3n) is 4.36. The van der Waals surface area contributed by atoms with Crippen molar-refractivity contribution in [2.24, 2.45) is 5.10 Å². The lowest BCUT2D eigenvalue weighted by atomic mass is 9.98. The highest BCUT2D eigenvalue weighted by molar-refractivity contribution is 6.03. The fourth-order valence-corrected chi connectivity index (χ4v) is 3.09. The highest BCUT2D eigenvalue weighted by atomic mass is 19.1. The molecule has 4 heteroatoms. The second-order valence-electron chi connectivity index (χ2n) is 6.01. The molecule has 0 bridgehead atoms. The van der Waals surface area contributed by atoms with E-state index in [0.29, 0.717) is 6.42 Å². The van der Waals surface area contributed by atoms with Gasteiger partial charge >= 0.3 is 0 Å². The summed E-state index contributed by atoms with van der Waals surface area (Å²) in [5.74, 6) is -0.523. The van der Waals surface area contributed by atoms with Crippen LogP contribution in [-0.4, -0.2) is 5.71 Å².